The lowest BCUT2D eigenvalue weighted by Gasteiger charge is -2.26. The second-order valence-corrected chi connectivity index (χ2v) is 10.9. The number of nitrogens with zero attached hydrogens (tertiary/aromatic N) is 3. The third-order valence-electron chi connectivity index (χ3n) is 8.38. The molecule has 0 radical (unpaired) electrons. The van der Waals surface area contributed by atoms with E-state index in [1.807, 2.05) is 24.3 Å². The average molecular weight is 506 g/mol. The fourth-order valence-corrected chi connectivity index (χ4v) is 6.09. The first-order valence-corrected chi connectivity index (χ1v) is 13.7. The van der Waals surface area contributed by atoms with E-state index < -0.39 is 6.04 Å². The summed E-state index contributed by atoms with van der Waals surface area (Å²) in [6.45, 7) is 2.13. The molecule has 1 aliphatic heterocycles. The highest BCUT2D eigenvalue weighted by Crippen LogP contribution is 2.40. The highest BCUT2D eigenvalue weighted by molar-refractivity contribution is 5.89. The van der Waals surface area contributed by atoms with E-state index in [4.69, 9.17) is 4.98 Å². The lowest BCUT2D eigenvalue weighted by Crippen LogP contribution is -2.36. The molecule has 2 N–H and O–H groups in total. The number of nitrogens with one attached hydrogen (secondary N) is 2. The van der Waals surface area contributed by atoms with Crippen molar-refractivity contribution in [3.05, 3.63) is 93.4 Å². The number of Topliss-reactive ketones (excluding diaryl/α,β-unsaturated/α-hetero) is 1. The molecule has 1 saturated heterocycles. The summed E-state index contributed by atoms with van der Waals surface area (Å²) in [5, 5.41) is 7.54. The van der Waals surface area contributed by atoms with Gasteiger partial charge in [-0.1, -0.05) is 36.4 Å². The van der Waals surface area contributed by atoms with Crippen LogP contribution < -0.4 is 16.2 Å². The molecule has 1 atom stereocenters. The first-order chi connectivity index (χ1) is 18.6. The lowest BCUT2D eigenvalue weighted by atomic mass is 9.87. The Labute approximate surface area is 221 Å². The van der Waals surface area contributed by atoms with Crippen LogP contribution in [-0.2, 0) is 17.6 Å². The zero-order chi connectivity index (χ0) is 25.6. The summed E-state index contributed by atoms with van der Waals surface area (Å²) in [5.74, 6) is 1.33. The molecule has 3 heterocycles. The van der Waals surface area contributed by atoms with E-state index in [0.29, 0.717) is 30.4 Å². The summed E-state index contributed by atoms with van der Waals surface area (Å²) < 4.78 is 1.66. The Morgan fingerprint density at radius 1 is 0.895 bits per heavy atom. The van der Waals surface area contributed by atoms with Crippen molar-refractivity contribution in [3.63, 3.8) is 0 Å². The minimum atomic E-state index is -0.564. The highest BCUT2D eigenvalue weighted by Gasteiger charge is 2.33. The number of hydrogen-bond acceptors (Lipinski definition) is 6. The molecule has 7 nitrogen and oxygen atoms in total. The fraction of sp³-hybridized carbons (Fsp3) is 0.355. The Balaban J connectivity index is 1.25. The van der Waals surface area contributed by atoms with Crippen LogP contribution >= 0.6 is 0 Å². The van der Waals surface area contributed by atoms with Gasteiger partial charge in [0.2, 0.25) is 5.95 Å². The second-order valence-electron chi connectivity index (χ2n) is 10.9. The zero-order valence-electron chi connectivity index (χ0n) is 21.3. The lowest BCUT2D eigenvalue weighted by molar-refractivity contribution is -0.122. The van der Waals surface area contributed by atoms with Gasteiger partial charge in [-0.2, -0.15) is 4.98 Å². The minimum Gasteiger partial charge on any atom is -0.324 e. The number of benzene rings is 2. The van der Waals surface area contributed by atoms with Crippen LogP contribution in [0.5, 0.6) is 0 Å². The van der Waals surface area contributed by atoms with Crippen LogP contribution in [0.3, 0.4) is 0 Å². The van der Waals surface area contributed by atoms with Gasteiger partial charge in [-0.15, -0.1) is 0 Å². The Kier molecular flexibility index (Phi) is 5.81. The monoisotopic (exact) mass is 505 g/mol. The van der Waals surface area contributed by atoms with Crippen LogP contribution in [0.25, 0.3) is 11.0 Å². The number of carbonyl (C=O) groups excluding carboxylic acids is 1. The predicted molar refractivity (Wildman–Crippen MR) is 148 cm³/mol. The van der Waals surface area contributed by atoms with Gasteiger partial charge in [0.25, 0.3) is 5.56 Å². The maximum atomic E-state index is 13.8. The molecule has 7 rings (SSSR count). The first kappa shape index (κ1) is 23.3. The molecule has 4 aromatic rings. The Morgan fingerprint density at radius 2 is 1.66 bits per heavy atom. The van der Waals surface area contributed by atoms with E-state index in [1.54, 1.807) is 10.8 Å². The molecule has 0 bridgehead atoms. The van der Waals surface area contributed by atoms with Crippen molar-refractivity contribution in [1.29, 1.82) is 0 Å². The topological polar surface area (TPSA) is 88.9 Å². The van der Waals surface area contributed by atoms with Gasteiger partial charge < -0.3 is 10.6 Å². The molecule has 0 spiro atoms. The van der Waals surface area contributed by atoms with Gasteiger partial charge in [-0.25, -0.2) is 4.98 Å². The van der Waals surface area contributed by atoms with Gasteiger partial charge in [0.05, 0.1) is 0 Å². The van der Waals surface area contributed by atoms with Crippen molar-refractivity contribution < 1.29 is 4.79 Å². The summed E-state index contributed by atoms with van der Waals surface area (Å²) >= 11 is 0. The first-order valence-electron chi connectivity index (χ1n) is 13.7. The zero-order valence-corrected chi connectivity index (χ0v) is 21.3. The van der Waals surface area contributed by atoms with Crippen LogP contribution in [0.4, 0.5) is 11.6 Å². The number of anilines is 2. The number of rotatable bonds is 5. The van der Waals surface area contributed by atoms with Gasteiger partial charge in [0.15, 0.2) is 5.78 Å². The minimum absolute atomic E-state index is 0.0571. The summed E-state index contributed by atoms with van der Waals surface area (Å²) in [4.78, 5) is 36.6. The summed E-state index contributed by atoms with van der Waals surface area (Å²) in [7, 11) is 0. The molecule has 2 aliphatic carbocycles. The van der Waals surface area contributed by atoms with E-state index >= 15 is 0 Å². The number of pyridine rings is 1. The maximum Gasteiger partial charge on any atom is 0.256 e. The van der Waals surface area contributed by atoms with E-state index in [9.17, 15) is 9.59 Å². The third-order valence-corrected chi connectivity index (χ3v) is 8.38. The molecule has 1 unspecified atom stereocenters. The smallest absolute Gasteiger partial charge is 0.256 e. The van der Waals surface area contributed by atoms with Crippen molar-refractivity contribution >= 4 is 28.5 Å². The van der Waals surface area contributed by atoms with Crippen molar-refractivity contribution in [1.82, 2.24) is 19.9 Å². The van der Waals surface area contributed by atoms with Crippen LogP contribution in [0.1, 0.15) is 65.8 Å². The Hall–Kier alpha value is -3.84. The largest absolute Gasteiger partial charge is 0.324 e. The van der Waals surface area contributed by atoms with Crippen LogP contribution in [0.2, 0.25) is 0 Å². The molecule has 7 heteroatoms. The molecule has 192 valence electrons. The Bertz CT molecular complexity index is 1580. The molecule has 3 aliphatic rings. The molecule has 2 aromatic carbocycles. The number of piperidine rings is 1. The number of fused-ring (bicyclic) bond motifs is 2. The van der Waals surface area contributed by atoms with Crippen molar-refractivity contribution in [2.45, 2.75) is 56.4 Å². The normalized spacial score (nSPS) is 19.9. The summed E-state index contributed by atoms with van der Waals surface area (Å²) in [6.07, 6.45) is 6.95. The molecular formula is C31H31N5O2. The van der Waals surface area contributed by atoms with Gasteiger partial charge >= 0.3 is 0 Å². The molecule has 0 amide bonds. The predicted octanol–water partition coefficient (Wildman–Crippen LogP) is 4.79. The van der Waals surface area contributed by atoms with Crippen LogP contribution in [-0.4, -0.2) is 33.4 Å². The van der Waals surface area contributed by atoms with Crippen molar-refractivity contribution in [3.8, 4) is 0 Å². The standard InChI is InChI=1S/C31H31N5O2/c37-28-17-23-4-2-1-3-22(23)16-27(28)36-29-24(15-26(30(36)38)21-5-6-21)18-33-31(35-29)34-25-9-7-19(8-10-25)20-11-13-32-14-12-20/h1-4,7-10,15,18,20-21,27,32H,5-6,11-14,16-17H2,(H,33,34,35). The fourth-order valence-electron chi connectivity index (χ4n) is 6.09. The van der Waals surface area contributed by atoms with E-state index in [2.05, 4.69) is 45.9 Å². The molecule has 2 fully saturated rings. The molecule has 2 aromatic heterocycles. The van der Waals surface area contributed by atoms with Gasteiger partial charge in [-0.3, -0.25) is 14.2 Å². The van der Waals surface area contributed by atoms with Crippen LogP contribution in [0.15, 0.2) is 65.6 Å². The summed E-state index contributed by atoms with van der Waals surface area (Å²) in [6, 6.07) is 17.9. The number of carbonyl (C=O) groups is 1. The highest BCUT2D eigenvalue weighted by atomic mass is 16.1. The number of aromatic nitrogens is 3. The van der Waals surface area contributed by atoms with Crippen molar-refractivity contribution in [2.75, 3.05) is 18.4 Å². The number of ketones is 1. The van der Waals surface area contributed by atoms with Crippen LogP contribution in [0, 0.1) is 0 Å². The van der Waals surface area contributed by atoms with E-state index in [-0.39, 0.29) is 17.3 Å². The maximum absolute atomic E-state index is 13.8. The molecule has 1 saturated carbocycles. The SMILES string of the molecule is O=C1Cc2ccccc2CC1n1c(=O)c(C2CC2)cc2cnc(Nc3ccc(C4CCNCC4)cc3)nc21. The Morgan fingerprint density at radius 3 is 2.42 bits per heavy atom. The van der Waals surface area contributed by atoms with E-state index in [1.165, 1.54) is 5.56 Å². The average Bonchev–Trinajstić information content (AvgIpc) is 3.79. The van der Waals surface area contributed by atoms with Gasteiger partial charge in [-0.05, 0) is 85.5 Å². The van der Waals surface area contributed by atoms with Gasteiger partial charge in [0, 0.05) is 35.7 Å². The third kappa shape index (κ3) is 4.31. The molecule has 38 heavy (non-hydrogen) atoms. The second kappa shape index (κ2) is 9.48. The summed E-state index contributed by atoms with van der Waals surface area (Å²) in [5.41, 5.74) is 5.63. The molecular weight excluding hydrogens is 474 g/mol. The van der Waals surface area contributed by atoms with Crippen molar-refractivity contribution in [2.24, 2.45) is 0 Å². The number of hydrogen-bond donors (Lipinski definition) is 2. The van der Waals surface area contributed by atoms with E-state index in [0.717, 1.165) is 66.5 Å². The van der Waals surface area contributed by atoms with Gasteiger partial charge in [0.1, 0.15) is 11.7 Å². The quantitative estimate of drug-likeness (QED) is 0.406.